The molecule has 12 heteroatoms. The van der Waals surface area contributed by atoms with Gasteiger partial charge in [0, 0.05) is 22.2 Å². The van der Waals surface area contributed by atoms with Crippen molar-refractivity contribution in [3.63, 3.8) is 0 Å². The number of nitro groups is 1. The van der Waals surface area contributed by atoms with Crippen LogP contribution in [0.25, 0.3) is 10.1 Å². The summed E-state index contributed by atoms with van der Waals surface area (Å²) >= 11 is 7.43. The van der Waals surface area contributed by atoms with Crippen LogP contribution in [-0.4, -0.2) is 43.3 Å². The first-order chi connectivity index (χ1) is 15.8. The standard InChI is InChI=1S/C21H18ClN3O7S/c1-3-31-19(26)11-32-20-15(22)6-12(7-16(20)30-2)10-23-24-21(27)18-9-13-8-14(25(28)29)4-5-17(13)33-18/h4-10H,3,11H2,1-2H3,(H,24,27)/b23-10-. The molecule has 0 saturated carbocycles. The molecule has 0 atom stereocenters. The van der Waals surface area contributed by atoms with E-state index in [1.165, 1.54) is 42.9 Å². The number of thiophene rings is 1. The molecule has 0 bridgehead atoms. The lowest BCUT2D eigenvalue weighted by Crippen LogP contribution is -2.16. The van der Waals surface area contributed by atoms with Crippen molar-refractivity contribution in [2.24, 2.45) is 5.10 Å². The number of fused-ring (bicyclic) bond motifs is 1. The minimum Gasteiger partial charge on any atom is -0.493 e. The topological polar surface area (TPSA) is 129 Å². The first kappa shape index (κ1) is 24.0. The van der Waals surface area contributed by atoms with Gasteiger partial charge < -0.3 is 14.2 Å². The maximum Gasteiger partial charge on any atom is 0.344 e. The van der Waals surface area contributed by atoms with Gasteiger partial charge in [-0.25, -0.2) is 10.2 Å². The molecule has 1 amide bonds. The van der Waals surface area contributed by atoms with Gasteiger partial charge in [-0.3, -0.25) is 14.9 Å². The van der Waals surface area contributed by atoms with Gasteiger partial charge in [0.15, 0.2) is 18.1 Å². The number of hydrazone groups is 1. The van der Waals surface area contributed by atoms with Crippen molar-refractivity contribution in [1.82, 2.24) is 5.43 Å². The van der Waals surface area contributed by atoms with Gasteiger partial charge in [-0.2, -0.15) is 5.10 Å². The van der Waals surface area contributed by atoms with E-state index in [9.17, 15) is 19.7 Å². The van der Waals surface area contributed by atoms with Crippen molar-refractivity contribution in [3.05, 3.63) is 62.0 Å². The highest BCUT2D eigenvalue weighted by molar-refractivity contribution is 7.20. The van der Waals surface area contributed by atoms with E-state index < -0.39 is 16.8 Å². The predicted molar refractivity (Wildman–Crippen MR) is 124 cm³/mol. The zero-order valence-electron chi connectivity index (χ0n) is 17.5. The average Bonchev–Trinajstić information content (AvgIpc) is 3.21. The van der Waals surface area contributed by atoms with E-state index in [4.69, 9.17) is 25.8 Å². The lowest BCUT2D eigenvalue weighted by Gasteiger charge is -2.12. The summed E-state index contributed by atoms with van der Waals surface area (Å²) in [6.45, 7) is 1.59. The normalized spacial score (nSPS) is 10.9. The summed E-state index contributed by atoms with van der Waals surface area (Å²) in [5.41, 5.74) is 2.86. The Hall–Kier alpha value is -3.70. The van der Waals surface area contributed by atoms with Crippen LogP contribution in [-0.2, 0) is 9.53 Å². The minimum atomic E-state index is -0.542. The molecule has 1 heterocycles. The Morgan fingerprint density at radius 1 is 1.27 bits per heavy atom. The number of hydrogen-bond acceptors (Lipinski definition) is 9. The number of rotatable bonds is 9. The number of ether oxygens (including phenoxy) is 3. The number of hydrogen-bond donors (Lipinski definition) is 1. The summed E-state index contributed by atoms with van der Waals surface area (Å²) in [6.07, 6.45) is 1.36. The van der Waals surface area contributed by atoms with Crippen LogP contribution in [0.15, 0.2) is 41.5 Å². The lowest BCUT2D eigenvalue weighted by atomic mass is 10.2. The molecule has 0 aliphatic carbocycles. The summed E-state index contributed by atoms with van der Waals surface area (Å²) < 4.78 is 16.2. The number of amides is 1. The van der Waals surface area contributed by atoms with E-state index in [1.54, 1.807) is 25.1 Å². The number of non-ortho nitro benzene ring substituents is 1. The molecule has 2 aromatic carbocycles. The minimum absolute atomic E-state index is 0.0502. The Morgan fingerprint density at radius 3 is 2.76 bits per heavy atom. The summed E-state index contributed by atoms with van der Waals surface area (Å²) in [6, 6.07) is 9.05. The quantitative estimate of drug-likeness (QED) is 0.206. The summed E-state index contributed by atoms with van der Waals surface area (Å²) in [7, 11) is 1.41. The molecule has 0 aliphatic heterocycles. The van der Waals surface area contributed by atoms with Crippen molar-refractivity contribution in [2.75, 3.05) is 20.3 Å². The number of esters is 1. The first-order valence-electron chi connectivity index (χ1n) is 9.49. The maximum atomic E-state index is 12.4. The Balaban J connectivity index is 1.69. The zero-order valence-corrected chi connectivity index (χ0v) is 19.1. The van der Waals surface area contributed by atoms with Crippen LogP contribution < -0.4 is 14.9 Å². The lowest BCUT2D eigenvalue weighted by molar-refractivity contribution is -0.384. The van der Waals surface area contributed by atoms with E-state index >= 15 is 0 Å². The molecule has 0 radical (unpaired) electrons. The van der Waals surface area contributed by atoms with Crippen LogP contribution in [0.1, 0.15) is 22.2 Å². The third-order valence-corrected chi connectivity index (χ3v) is 5.60. The molecule has 0 saturated heterocycles. The second-order valence-electron chi connectivity index (χ2n) is 6.42. The summed E-state index contributed by atoms with van der Waals surface area (Å²) in [5, 5.41) is 15.6. The van der Waals surface area contributed by atoms with Gasteiger partial charge in [0.05, 0.1) is 34.8 Å². The highest BCUT2D eigenvalue weighted by Crippen LogP contribution is 2.36. The summed E-state index contributed by atoms with van der Waals surface area (Å²) in [4.78, 5) is 34.7. The molecule has 0 aliphatic rings. The summed E-state index contributed by atoms with van der Waals surface area (Å²) in [5.74, 6) is -0.569. The van der Waals surface area contributed by atoms with E-state index in [0.29, 0.717) is 15.8 Å². The fourth-order valence-corrected chi connectivity index (χ4v) is 3.97. The molecule has 33 heavy (non-hydrogen) atoms. The molecule has 0 fully saturated rings. The average molecular weight is 492 g/mol. The number of carbonyl (C=O) groups excluding carboxylic acids is 2. The van der Waals surface area contributed by atoms with E-state index in [0.717, 1.165) is 4.70 Å². The van der Waals surface area contributed by atoms with Gasteiger partial charge in [-0.15, -0.1) is 11.3 Å². The Kier molecular flexibility index (Phi) is 7.80. The fourth-order valence-electron chi connectivity index (χ4n) is 2.76. The second kappa shape index (κ2) is 10.7. The highest BCUT2D eigenvalue weighted by Gasteiger charge is 2.15. The van der Waals surface area contributed by atoms with Crippen molar-refractivity contribution in [2.45, 2.75) is 6.92 Å². The van der Waals surface area contributed by atoms with Crippen molar-refractivity contribution >= 4 is 56.8 Å². The molecule has 3 rings (SSSR count). The zero-order chi connectivity index (χ0) is 24.0. The number of carbonyl (C=O) groups is 2. The Bertz CT molecular complexity index is 1240. The molecule has 1 N–H and O–H groups in total. The van der Waals surface area contributed by atoms with Gasteiger partial charge in [0.2, 0.25) is 0 Å². The third kappa shape index (κ3) is 5.96. The Labute approximate surface area is 196 Å². The molecular weight excluding hydrogens is 474 g/mol. The molecule has 1 aromatic heterocycles. The van der Waals surface area contributed by atoms with E-state index in [2.05, 4.69) is 10.5 Å². The number of halogens is 1. The highest BCUT2D eigenvalue weighted by atomic mass is 35.5. The van der Waals surface area contributed by atoms with Crippen molar-refractivity contribution in [3.8, 4) is 11.5 Å². The third-order valence-electron chi connectivity index (χ3n) is 4.21. The van der Waals surface area contributed by atoms with Crippen LogP contribution in [0.3, 0.4) is 0 Å². The molecular formula is C21H18ClN3O7S. The number of nitrogens with zero attached hydrogens (tertiary/aromatic N) is 2. The van der Waals surface area contributed by atoms with Gasteiger partial charge in [-0.1, -0.05) is 11.6 Å². The number of nitro benzene ring substituents is 1. The number of methoxy groups -OCH3 is 1. The van der Waals surface area contributed by atoms with E-state index in [1.807, 2.05) is 0 Å². The van der Waals surface area contributed by atoms with Crippen LogP contribution in [0.5, 0.6) is 11.5 Å². The van der Waals surface area contributed by atoms with Gasteiger partial charge in [0.1, 0.15) is 0 Å². The Morgan fingerprint density at radius 2 is 2.06 bits per heavy atom. The molecule has 10 nitrogen and oxygen atoms in total. The van der Waals surface area contributed by atoms with Gasteiger partial charge >= 0.3 is 5.97 Å². The van der Waals surface area contributed by atoms with Crippen LogP contribution >= 0.6 is 22.9 Å². The monoisotopic (exact) mass is 491 g/mol. The van der Waals surface area contributed by atoms with Crippen LogP contribution in [0.2, 0.25) is 5.02 Å². The number of nitrogens with one attached hydrogen (secondary N) is 1. The van der Waals surface area contributed by atoms with Crippen LogP contribution in [0, 0.1) is 10.1 Å². The first-order valence-corrected chi connectivity index (χ1v) is 10.7. The second-order valence-corrected chi connectivity index (χ2v) is 7.91. The SMILES string of the molecule is CCOC(=O)COc1c(Cl)cc(/C=N\NC(=O)c2cc3cc([N+](=O)[O-])ccc3s2)cc1OC. The van der Waals surface area contributed by atoms with E-state index in [-0.39, 0.29) is 35.4 Å². The maximum absolute atomic E-state index is 12.4. The van der Waals surface area contributed by atoms with Crippen molar-refractivity contribution < 1.29 is 28.7 Å². The molecule has 172 valence electrons. The molecule has 3 aromatic rings. The smallest absolute Gasteiger partial charge is 0.344 e. The largest absolute Gasteiger partial charge is 0.493 e. The fraction of sp³-hybridized carbons (Fsp3) is 0.190. The van der Waals surface area contributed by atoms with Crippen molar-refractivity contribution in [1.29, 1.82) is 0 Å². The number of benzene rings is 2. The molecule has 0 unspecified atom stereocenters. The van der Waals surface area contributed by atoms with Gasteiger partial charge in [-0.05, 0) is 36.8 Å². The molecule has 0 spiro atoms. The predicted octanol–water partition coefficient (Wildman–Crippen LogP) is 4.18. The van der Waals surface area contributed by atoms with Crippen LogP contribution in [0.4, 0.5) is 5.69 Å². The van der Waals surface area contributed by atoms with Gasteiger partial charge in [0.25, 0.3) is 11.6 Å².